The lowest BCUT2D eigenvalue weighted by molar-refractivity contribution is -0.145. The van der Waals surface area contributed by atoms with Gasteiger partial charge in [0.1, 0.15) is 6.54 Å². The molecule has 3 saturated heterocycles. The van der Waals surface area contributed by atoms with Gasteiger partial charge in [-0.2, -0.15) is 0 Å². The molecule has 4 rings (SSSR count). The molecule has 3 fully saturated rings. The van der Waals surface area contributed by atoms with E-state index in [1.807, 2.05) is 35.2 Å². The van der Waals surface area contributed by atoms with Crippen LogP contribution in [-0.4, -0.2) is 77.9 Å². The molecule has 0 saturated carbocycles. The Labute approximate surface area is 158 Å². The summed E-state index contributed by atoms with van der Waals surface area (Å²) in [7, 11) is 3.39. The second kappa shape index (κ2) is 8.12. The molecule has 3 amide bonds. The van der Waals surface area contributed by atoms with Gasteiger partial charge in [0, 0.05) is 38.1 Å². The molecule has 2 atom stereocenters. The fourth-order valence-electron chi connectivity index (χ4n) is 3.49. The van der Waals surface area contributed by atoms with Crippen molar-refractivity contribution in [1.29, 1.82) is 0 Å². The van der Waals surface area contributed by atoms with Gasteiger partial charge in [0.15, 0.2) is 0 Å². The van der Waals surface area contributed by atoms with Gasteiger partial charge in [-0.1, -0.05) is 18.2 Å². The fourth-order valence-corrected chi connectivity index (χ4v) is 4.31. The van der Waals surface area contributed by atoms with E-state index in [9.17, 15) is 14.4 Å². The highest BCUT2D eigenvalue weighted by Crippen LogP contribution is 2.30. The first-order valence-electron chi connectivity index (χ1n) is 8.92. The summed E-state index contributed by atoms with van der Waals surface area (Å²) in [6.45, 7) is 1.10. The number of rotatable bonds is 5. The van der Waals surface area contributed by atoms with E-state index in [1.54, 1.807) is 19.0 Å². The molecule has 0 unspecified atom stereocenters. The van der Waals surface area contributed by atoms with Crippen LogP contribution in [0.25, 0.3) is 0 Å². The molecule has 140 valence electrons. The molecule has 2 bridgehead atoms. The van der Waals surface area contributed by atoms with Crippen LogP contribution < -0.4 is 0 Å². The first-order chi connectivity index (χ1) is 12.5. The first kappa shape index (κ1) is 18.8. The molecular weight excluding hydrogens is 350 g/mol. The van der Waals surface area contributed by atoms with Crippen molar-refractivity contribution in [1.82, 2.24) is 14.7 Å². The zero-order valence-electron chi connectivity index (χ0n) is 15.3. The molecule has 3 aliphatic heterocycles. The van der Waals surface area contributed by atoms with Crippen molar-refractivity contribution in [2.75, 3.05) is 39.5 Å². The summed E-state index contributed by atoms with van der Waals surface area (Å²) in [5, 5.41) is 0. The molecule has 1 aromatic rings. The molecule has 6 nitrogen and oxygen atoms in total. The van der Waals surface area contributed by atoms with Crippen LogP contribution in [-0.2, 0) is 14.4 Å². The summed E-state index contributed by atoms with van der Waals surface area (Å²) in [5.41, 5.74) is 0. The Hall–Kier alpha value is -2.02. The van der Waals surface area contributed by atoms with Gasteiger partial charge in [-0.15, -0.1) is 11.8 Å². The van der Waals surface area contributed by atoms with E-state index >= 15 is 0 Å². The summed E-state index contributed by atoms with van der Waals surface area (Å²) in [6.07, 6.45) is 1.65. The van der Waals surface area contributed by atoms with Crippen LogP contribution in [0.2, 0.25) is 0 Å². The van der Waals surface area contributed by atoms with E-state index < -0.39 is 0 Å². The third-order valence-electron chi connectivity index (χ3n) is 5.06. The van der Waals surface area contributed by atoms with Crippen molar-refractivity contribution < 1.29 is 14.4 Å². The highest BCUT2D eigenvalue weighted by Gasteiger charge is 2.42. The van der Waals surface area contributed by atoms with Crippen LogP contribution in [0.5, 0.6) is 0 Å². The fraction of sp³-hybridized carbons (Fsp3) is 0.526. The topological polar surface area (TPSA) is 60.9 Å². The molecule has 0 aliphatic carbocycles. The minimum absolute atomic E-state index is 0.0162. The number of carbonyl (C=O) groups is 3. The third-order valence-corrected chi connectivity index (χ3v) is 6.05. The zero-order chi connectivity index (χ0) is 18.7. The molecule has 0 aromatic heterocycles. The maximum absolute atomic E-state index is 12.7. The molecule has 7 heteroatoms. The van der Waals surface area contributed by atoms with E-state index in [1.165, 1.54) is 16.7 Å². The van der Waals surface area contributed by atoms with Gasteiger partial charge in [-0.3, -0.25) is 14.4 Å². The first-order valence-corrected chi connectivity index (χ1v) is 9.90. The SMILES string of the molecule is CN(C)C(=O)CN1C(=O)[C@@H]2CC[C@H]1CN(C(=O)CSc1ccccc1)C2. The molecule has 3 heterocycles. The number of amides is 3. The van der Waals surface area contributed by atoms with Gasteiger partial charge in [-0.05, 0) is 25.0 Å². The quantitative estimate of drug-likeness (QED) is 0.728. The van der Waals surface area contributed by atoms with Gasteiger partial charge in [0.25, 0.3) is 0 Å². The lowest BCUT2D eigenvalue weighted by Crippen LogP contribution is -2.51. The standard InChI is InChI=1S/C19H25N3O3S/c1-20(2)17(23)12-22-15-9-8-14(19(22)25)10-21(11-15)18(24)13-26-16-6-4-3-5-7-16/h3-7,14-15H,8-13H2,1-2H3/t14-,15+/m1/s1. The van der Waals surface area contributed by atoms with Crippen LogP contribution in [0.4, 0.5) is 0 Å². The van der Waals surface area contributed by atoms with Crippen molar-refractivity contribution in [2.24, 2.45) is 5.92 Å². The Kier molecular flexibility index (Phi) is 5.86. The van der Waals surface area contributed by atoms with E-state index in [0.717, 1.165) is 17.7 Å². The maximum atomic E-state index is 12.7. The summed E-state index contributed by atoms with van der Waals surface area (Å²) < 4.78 is 0. The van der Waals surface area contributed by atoms with Gasteiger partial charge >= 0.3 is 0 Å². The predicted molar refractivity (Wildman–Crippen MR) is 101 cm³/mol. The molecular formula is C19H25N3O3S. The predicted octanol–water partition coefficient (Wildman–Crippen LogP) is 1.32. The highest BCUT2D eigenvalue weighted by molar-refractivity contribution is 8.00. The Morgan fingerprint density at radius 2 is 1.88 bits per heavy atom. The number of nitrogens with zero attached hydrogens (tertiary/aromatic N) is 3. The van der Waals surface area contributed by atoms with Crippen LogP contribution in [0.1, 0.15) is 12.8 Å². The molecule has 3 aliphatic rings. The van der Waals surface area contributed by atoms with Crippen LogP contribution in [0.3, 0.4) is 0 Å². The number of hydrogen-bond donors (Lipinski definition) is 0. The van der Waals surface area contributed by atoms with E-state index in [0.29, 0.717) is 18.8 Å². The van der Waals surface area contributed by atoms with Crippen LogP contribution in [0, 0.1) is 5.92 Å². The molecule has 0 radical (unpaired) electrons. The average molecular weight is 375 g/mol. The molecule has 0 N–H and O–H groups in total. The number of thioether (sulfide) groups is 1. The van der Waals surface area contributed by atoms with Gasteiger partial charge < -0.3 is 14.7 Å². The van der Waals surface area contributed by atoms with Crippen molar-refractivity contribution in [3.05, 3.63) is 30.3 Å². The molecule has 1 aromatic carbocycles. The number of piperidine rings is 1. The number of likely N-dealkylation sites (N-methyl/N-ethyl adjacent to an activating group) is 1. The van der Waals surface area contributed by atoms with Gasteiger partial charge in [0.05, 0.1) is 11.7 Å². The van der Waals surface area contributed by atoms with Gasteiger partial charge in [-0.25, -0.2) is 0 Å². The van der Waals surface area contributed by atoms with Crippen LogP contribution >= 0.6 is 11.8 Å². The highest BCUT2D eigenvalue weighted by atomic mass is 32.2. The van der Waals surface area contributed by atoms with Crippen molar-refractivity contribution in [3.8, 4) is 0 Å². The van der Waals surface area contributed by atoms with Gasteiger partial charge in [0.2, 0.25) is 17.7 Å². The van der Waals surface area contributed by atoms with E-state index in [4.69, 9.17) is 0 Å². The summed E-state index contributed by atoms with van der Waals surface area (Å²) in [4.78, 5) is 43.6. The molecule has 0 spiro atoms. The Morgan fingerprint density at radius 3 is 2.58 bits per heavy atom. The second-order valence-corrected chi connectivity index (χ2v) is 8.13. The minimum atomic E-state index is -0.186. The van der Waals surface area contributed by atoms with Crippen molar-refractivity contribution in [2.45, 2.75) is 23.8 Å². The number of carbonyl (C=O) groups excluding carboxylic acids is 3. The molecule has 26 heavy (non-hydrogen) atoms. The number of hydrogen-bond acceptors (Lipinski definition) is 4. The lowest BCUT2D eigenvalue weighted by atomic mass is 9.94. The third kappa shape index (κ3) is 4.20. The Bertz CT molecular complexity index is 680. The van der Waals surface area contributed by atoms with Crippen molar-refractivity contribution in [3.63, 3.8) is 0 Å². The second-order valence-electron chi connectivity index (χ2n) is 7.08. The summed E-state index contributed by atoms with van der Waals surface area (Å²) in [6, 6.07) is 9.78. The summed E-state index contributed by atoms with van der Waals surface area (Å²) >= 11 is 1.52. The minimum Gasteiger partial charge on any atom is -0.347 e. The van der Waals surface area contributed by atoms with E-state index in [2.05, 4.69) is 0 Å². The summed E-state index contributed by atoms with van der Waals surface area (Å²) in [5.74, 6) is 0.179. The van der Waals surface area contributed by atoms with E-state index in [-0.39, 0.29) is 36.2 Å². The zero-order valence-corrected chi connectivity index (χ0v) is 16.1. The normalized spacial score (nSPS) is 22.3. The number of benzene rings is 1. The Balaban J connectivity index is 1.64. The average Bonchev–Trinajstić information content (AvgIpc) is 2.93. The maximum Gasteiger partial charge on any atom is 0.241 e. The monoisotopic (exact) mass is 375 g/mol. The Morgan fingerprint density at radius 1 is 1.15 bits per heavy atom. The number of fused-ring (bicyclic) bond motifs is 4. The largest absolute Gasteiger partial charge is 0.347 e. The smallest absolute Gasteiger partial charge is 0.241 e. The van der Waals surface area contributed by atoms with Crippen molar-refractivity contribution >= 4 is 29.5 Å². The van der Waals surface area contributed by atoms with Crippen LogP contribution in [0.15, 0.2) is 35.2 Å². The lowest BCUT2D eigenvalue weighted by Gasteiger charge is -2.35.